The molecule has 1 unspecified atom stereocenters. The highest BCUT2D eigenvalue weighted by Gasteiger charge is 2.43. The molecule has 0 aliphatic rings. The molecule has 0 aliphatic carbocycles. The molecule has 0 heterocycles. The van der Waals surface area contributed by atoms with Gasteiger partial charge in [-0.3, -0.25) is 19.7 Å². The molecule has 0 spiro atoms. The summed E-state index contributed by atoms with van der Waals surface area (Å²) in [5.41, 5.74) is 2.29. The number of esters is 2. The maximum atomic E-state index is 13.4. The summed E-state index contributed by atoms with van der Waals surface area (Å²) < 4.78 is 22.8. The molecule has 16 nitrogen and oxygen atoms in total. The first kappa shape index (κ1) is 54.0. The Labute approximate surface area is 401 Å². The second kappa shape index (κ2) is 27.9. The van der Waals surface area contributed by atoms with E-state index >= 15 is 0 Å². The lowest BCUT2D eigenvalue weighted by molar-refractivity contribution is -0.384. The number of ether oxygens (including phenoxy) is 4. The summed E-state index contributed by atoms with van der Waals surface area (Å²) in [6, 6.07) is 23.6. The van der Waals surface area contributed by atoms with Crippen LogP contribution in [0.4, 0.5) is 45.5 Å². The molecule has 0 saturated carbocycles. The number of carbonyl (C=O) groups is 2. The summed E-state index contributed by atoms with van der Waals surface area (Å²) in [6.45, 7) is 13.6. The van der Waals surface area contributed by atoms with E-state index in [4.69, 9.17) is 18.9 Å². The van der Waals surface area contributed by atoms with Crippen molar-refractivity contribution in [3.8, 4) is 11.5 Å². The third-order valence-corrected chi connectivity index (χ3v) is 11.8. The number of azo groups is 3. The van der Waals surface area contributed by atoms with Gasteiger partial charge in [-0.15, -0.1) is 10.2 Å². The zero-order valence-corrected chi connectivity index (χ0v) is 41.2. The van der Waals surface area contributed by atoms with Crippen molar-refractivity contribution in [2.45, 2.75) is 119 Å². The smallest absolute Gasteiger partial charge is 0.311 e. The van der Waals surface area contributed by atoms with Crippen molar-refractivity contribution in [2.24, 2.45) is 41.5 Å². The molecule has 0 fully saturated rings. The van der Waals surface area contributed by atoms with E-state index < -0.39 is 15.8 Å². The molecule has 0 amide bonds. The molecule has 0 saturated heterocycles. The number of anilines is 1. The Morgan fingerprint density at radius 3 is 1.46 bits per heavy atom. The number of hydrogen-bond acceptors (Lipinski definition) is 15. The number of likely N-dealkylation sites (N-methyl/N-ethyl adjacent to an activating group) is 1. The normalized spacial score (nSPS) is 12.6. The van der Waals surface area contributed by atoms with Gasteiger partial charge in [0.1, 0.15) is 29.5 Å². The van der Waals surface area contributed by atoms with Crippen LogP contribution in [0, 0.1) is 20.9 Å². The number of nitrogens with zero attached hydrogens (tertiary/aromatic N) is 8. The van der Waals surface area contributed by atoms with Crippen molar-refractivity contribution in [1.29, 1.82) is 0 Å². The van der Waals surface area contributed by atoms with Gasteiger partial charge in [-0.05, 0) is 108 Å². The largest absolute Gasteiger partial charge is 0.494 e. The van der Waals surface area contributed by atoms with Crippen LogP contribution in [0.2, 0.25) is 0 Å². The minimum Gasteiger partial charge on any atom is -0.494 e. The summed E-state index contributed by atoms with van der Waals surface area (Å²) in [5, 5.41) is 36.8. The summed E-state index contributed by atoms with van der Waals surface area (Å²) in [6.07, 6.45) is 13.0. The number of benzene rings is 4. The van der Waals surface area contributed by atoms with Gasteiger partial charge in [0.15, 0.2) is 0 Å². The molecular weight excluding hydrogens is 865 g/mol. The lowest BCUT2D eigenvalue weighted by atomic mass is 9.72. The predicted molar refractivity (Wildman–Crippen MR) is 266 cm³/mol. The van der Waals surface area contributed by atoms with Crippen LogP contribution >= 0.6 is 0 Å². The van der Waals surface area contributed by atoms with Crippen LogP contribution in [0.1, 0.15) is 119 Å². The van der Waals surface area contributed by atoms with Gasteiger partial charge in [0, 0.05) is 36.5 Å². The van der Waals surface area contributed by atoms with Crippen LogP contribution in [0.15, 0.2) is 116 Å². The molecule has 0 aromatic heterocycles. The maximum Gasteiger partial charge on any atom is 0.311 e. The molecule has 4 rings (SSSR count). The maximum absolute atomic E-state index is 13.4. The van der Waals surface area contributed by atoms with Crippen molar-refractivity contribution in [3.05, 3.63) is 95.0 Å². The first-order chi connectivity index (χ1) is 32.7. The summed E-state index contributed by atoms with van der Waals surface area (Å²) in [5.74, 6) is 0.228. The van der Waals surface area contributed by atoms with Gasteiger partial charge >= 0.3 is 11.9 Å². The number of rotatable bonds is 30. The molecule has 16 heteroatoms. The Hall–Kier alpha value is -6.58. The van der Waals surface area contributed by atoms with Crippen LogP contribution in [-0.2, 0) is 19.1 Å². The number of nitro benzene ring substituents is 1. The Kier molecular flexibility index (Phi) is 22.2. The fourth-order valence-corrected chi connectivity index (χ4v) is 7.55. The van der Waals surface area contributed by atoms with E-state index in [0.29, 0.717) is 78.2 Å². The average molecular weight is 935 g/mol. The SMILES string of the molecule is CCCCCCCCCCCCOC(=O)C(C)(CC)CC(C)(C)C(=O)OCCN(CC)c1ccc(/N=N/c2cc(OC)c(/N=N/c3ccc(/N=N/c4ccc([N+](=O)[O-])cc4)cc3)cc2OC)cc1. The number of non-ortho nitro benzene ring substituents is 1. The van der Waals surface area contributed by atoms with Gasteiger partial charge in [-0.25, -0.2) is 0 Å². The van der Waals surface area contributed by atoms with E-state index in [9.17, 15) is 19.7 Å². The number of methoxy groups -OCH3 is 2. The second-order valence-electron chi connectivity index (χ2n) is 17.6. The monoisotopic (exact) mass is 935 g/mol. The number of unbranched alkanes of at least 4 members (excludes halogenated alkanes) is 9. The van der Waals surface area contributed by atoms with Crippen LogP contribution < -0.4 is 14.4 Å². The average Bonchev–Trinajstić information content (AvgIpc) is 3.35. The van der Waals surface area contributed by atoms with Crippen LogP contribution in [0.5, 0.6) is 11.5 Å². The predicted octanol–water partition coefficient (Wildman–Crippen LogP) is 15.5. The summed E-state index contributed by atoms with van der Waals surface area (Å²) >= 11 is 0. The van der Waals surface area contributed by atoms with Gasteiger partial charge in [-0.1, -0.05) is 71.6 Å². The number of nitro groups is 1. The molecule has 0 bridgehead atoms. The molecule has 0 aliphatic heterocycles. The quantitative estimate of drug-likeness (QED) is 0.0161. The van der Waals surface area contributed by atoms with Crippen molar-refractivity contribution in [2.75, 3.05) is 45.4 Å². The second-order valence-corrected chi connectivity index (χ2v) is 17.6. The molecular formula is C52H70N8O8. The van der Waals surface area contributed by atoms with E-state index in [-0.39, 0.29) is 24.2 Å². The Morgan fingerprint density at radius 1 is 0.588 bits per heavy atom. The number of hydrogen-bond donors (Lipinski definition) is 0. The molecule has 0 radical (unpaired) electrons. The van der Waals surface area contributed by atoms with E-state index in [1.165, 1.54) is 83.4 Å². The van der Waals surface area contributed by atoms with Gasteiger partial charge in [0.25, 0.3) is 5.69 Å². The zero-order valence-electron chi connectivity index (χ0n) is 41.2. The van der Waals surface area contributed by atoms with E-state index in [1.807, 2.05) is 58.9 Å². The van der Waals surface area contributed by atoms with E-state index in [2.05, 4.69) is 42.5 Å². The van der Waals surface area contributed by atoms with E-state index in [1.54, 1.807) is 36.4 Å². The minimum atomic E-state index is -0.882. The number of carbonyl (C=O) groups excluding carboxylic acids is 2. The lowest BCUT2D eigenvalue weighted by Gasteiger charge is -2.34. The molecule has 0 N–H and O–H groups in total. The molecule has 1 atom stereocenters. The Bertz CT molecular complexity index is 2280. The van der Waals surface area contributed by atoms with Crippen LogP contribution in [0.25, 0.3) is 0 Å². The molecule has 68 heavy (non-hydrogen) atoms. The molecule has 366 valence electrons. The van der Waals surface area contributed by atoms with Gasteiger partial charge in [0.2, 0.25) is 0 Å². The van der Waals surface area contributed by atoms with Gasteiger partial charge in [-0.2, -0.15) is 20.5 Å². The Morgan fingerprint density at radius 2 is 1.01 bits per heavy atom. The van der Waals surface area contributed by atoms with Crippen LogP contribution in [-0.4, -0.2) is 57.4 Å². The highest BCUT2D eigenvalue weighted by atomic mass is 16.6. The zero-order chi connectivity index (χ0) is 49.4. The minimum absolute atomic E-state index is 0.0205. The Balaban J connectivity index is 1.26. The van der Waals surface area contributed by atoms with Crippen molar-refractivity contribution in [3.63, 3.8) is 0 Å². The highest BCUT2D eigenvalue weighted by molar-refractivity contribution is 5.80. The molecule has 4 aromatic carbocycles. The lowest BCUT2D eigenvalue weighted by Crippen LogP contribution is -2.39. The van der Waals surface area contributed by atoms with Gasteiger partial charge < -0.3 is 23.8 Å². The summed E-state index contributed by atoms with van der Waals surface area (Å²) in [7, 11) is 3.05. The van der Waals surface area contributed by atoms with Crippen molar-refractivity contribution < 1.29 is 33.5 Å². The summed E-state index contributed by atoms with van der Waals surface area (Å²) in [4.78, 5) is 39.2. The fraction of sp³-hybridized carbons (Fsp3) is 0.500. The first-order valence-electron chi connectivity index (χ1n) is 23.8. The topological polar surface area (TPSA) is 192 Å². The van der Waals surface area contributed by atoms with Crippen LogP contribution in [0.3, 0.4) is 0 Å². The van der Waals surface area contributed by atoms with E-state index in [0.717, 1.165) is 24.9 Å². The third kappa shape index (κ3) is 17.3. The van der Waals surface area contributed by atoms with Crippen molar-refractivity contribution >= 4 is 57.4 Å². The highest BCUT2D eigenvalue weighted by Crippen LogP contribution is 2.42. The van der Waals surface area contributed by atoms with Gasteiger partial charge in [0.05, 0.1) is 65.9 Å². The first-order valence-corrected chi connectivity index (χ1v) is 23.8. The third-order valence-electron chi connectivity index (χ3n) is 11.8. The fourth-order valence-electron chi connectivity index (χ4n) is 7.55. The molecule has 4 aromatic rings. The van der Waals surface area contributed by atoms with Crippen molar-refractivity contribution in [1.82, 2.24) is 0 Å². The standard InChI is InChI=1S/C52H70N8O8/c1-9-12-13-14-15-16-17-18-19-20-34-67-50(62)52(6,10-2)38-51(4,5)49(61)68-35-33-59(11-3)43-29-25-42(26-30-43)56-58-46-37-47(65-7)45(36-48(46)66-8)57-55-40-23-21-39(22-24-40)53-54-41-27-31-44(32-28-41)60(63)64/h21-32,36-37H,9-20,33-35,38H2,1-8H3/b54-53+,57-55+,58-56+.